The summed E-state index contributed by atoms with van der Waals surface area (Å²) in [5.41, 5.74) is 4.01. The SMILES string of the molecule is Cc1ccc(-n2c3cccccc-3cc2=O)cc1. The summed E-state index contributed by atoms with van der Waals surface area (Å²) in [5.74, 6) is 0. The van der Waals surface area contributed by atoms with Gasteiger partial charge < -0.3 is 0 Å². The van der Waals surface area contributed by atoms with Crippen molar-refractivity contribution in [2.24, 2.45) is 0 Å². The molecule has 3 rings (SSSR count). The number of hydrogen-bond acceptors (Lipinski definition) is 1. The standard InChI is InChI=1S/C16H13NO/c1-12-7-9-14(10-8-12)17-15-6-4-2-3-5-13(15)11-16(17)18/h2-11H,1H3. The lowest BCUT2D eigenvalue weighted by molar-refractivity contribution is 1.04. The molecular weight excluding hydrogens is 222 g/mol. The molecule has 1 aromatic rings. The van der Waals surface area contributed by atoms with Crippen LogP contribution in [-0.4, -0.2) is 4.57 Å². The molecule has 1 aliphatic heterocycles. The molecule has 0 spiro atoms. The van der Waals surface area contributed by atoms with Gasteiger partial charge in [0.15, 0.2) is 0 Å². The molecule has 0 bridgehead atoms. The van der Waals surface area contributed by atoms with Crippen LogP contribution in [0.4, 0.5) is 0 Å². The van der Waals surface area contributed by atoms with Crippen molar-refractivity contribution in [3.63, 3.8) is 0 Å². The van der Waals surface area contributed by atoms with E-state index in [0.29, 0.717) is 0 Å². The van der Waals surface area contributed by atoms with E-state index in [9.17, 15) is 4.79 Å². The van der Waals surface area contributed by atoms with Gasteiger partial charge in [0.1, 0.15) is 0 Å². The molecule has 88 valence electrons. The Bertz CT molecular complexity index is 710. The quantitative estimate of drug-likeness (QED) is 0.634. The number of aromatic nitrogens is 1. The topological polar surface area (TPSA) is 22.0 Å². The highest BCUT2D eigenvalue weighted by atomic mass is 16.1. The number of nitrogens with zero attached hydrogens (tertiary/aromatic N) is 1. The first-order chi connectivity index (χ1) is 8.75. The normalized spacial score (nSPS) is 10.7. The first kappa shape index (κ1) is 10.8. The van der Waals surface area contributed by atoms with Gasteiger partial charge in [-0.3, -0.25) is 9.36 Å². The van der Waals surface area contributed by atoms with Gasteiger partial charge in [0.05, 0.1) is 5.69 Å². The Balaban J connectivity index is 2.29. The van der Waals surface area contributed by atoms with E-state index in [1.54, 1.807) is 10.6 Å². The smallest absolute Gasteiger partial charge is 0.256 e. The van der Waals surface area contributed by atoms with Crippen LogP contribution < -0.4 is 5.56 Å². The molecule has 2 heteroatoms. The lowest BCUT2D eigenvalue weighted by Crippen LogP contribution is -2.11. The van der Waals surface area contributed by atoms with Gasteiger partial charge in [0, 0.05) is 17.3 Å². The first-order valence-electron chi connectivity index (χ1n) is 5.93. The van der Waals surface area contributed by atoms with Crippen molar-refractivity contribution in [1.29, 1.82) is 0 Å². The van der Waals surface area contributed by atoms with Gasteiger partial charge in [-0.05, 0) is 25.1 Å². The fourth-order valence-corrected chi connectivity index (χ4v) is 2.15. The minimum Gasteiger partial charge on any atom is -0.277 e. The van der Waals surface area contributed by atoms with E-state index in [1.807, 2.05) is 61.5 Å². The molecule has 18 heavy (non-hydrogen) atoms. The lowest BCUT2D eigenvalue weighted by atomic mass is 10.2. The van der Waals surface area contributed by atoms with Crippen molar-refractivity contribution in [3.8, 4) is 16.9 Å². The summed E-state index contributed by atoms with van der Waals surface area (Å²) in [6.07, 6.45) is 0. The van der Waals surface area contributed by atoms with Crippen molar-refractivity contribution in [3.05, 3.63) is 76.6 Å². The van der Waals surface area contributed by atoms with Crippen molar-refractivity contribution in [2.75, 3.05) is 0 Å². The van der Waals surface area contributed by atoms with Crippen LogP contribution in [0.1, 0.15) is 5.56 Å². The molecule has 1 aliphatic carbocycles. The van der Waals surface area contributed by atoms with Crippen LogP contribution in [-0.2, 0) is 0 Å². The van der Waals surface area contributed by atoms with Crippen molar-refractivity contribution in [2.45, 2.75) is 6.92 Å². The molecule has 0 fully saturated rings. The highest BCUT2D eigenvalue weighted by Crippen LogP contribution is 2.22. The third kappa shape index (κ3) is 1.72. The monoisotopic (exact) mass is 235 g/mol. The van der Waals surface area contributed by atoms with Crippen molar-refractivity contribution < 1.29 is 0 Å². The predicted octanol–water partition coefficient (Wildman–Crippen LogP) is 3.25. The maximum Gasteiger partial charge on any atom is 0.256 e. The van der Waals surface area contributed by atoms with E-state index in [1.165, 1.54) is 5.56 Å². The van der Waals surface area contributed by atoms with Crippen LogP contribution in [0.25, 0.3) is 16.9 Å². The largest absolute Gasteiger partial charge is 0.277 e. The van der Waals surface area contributed by atoms with E-state index in [4.69, 9.17) is 0 Å². The number of hydrogen-bond donors (Lipinski definition) is 0. The predicted molar refractivity (Wildman–Crippen MR) is 73.4 cm³/mol. The molecule has 0 saturated carbocycles. The van der Waals surface area contributed by atoms with E-state index in [2.05, 4.69) is 0 Å². The zero-order chi connectivity index (χ0) is 12.5. The Morgan fingerprint density at radius 1 is 0.889 bits per heavy atom. The summed E-state index contributed by atoms with van der Waals surface area (Å²) >= 11 is 0. The molecule has 0 N–H and O–H groups in total. The maximum absolute atomic E-state index is 12.1. The van der Waals surface area contributed by atoms with Gasteiger partial charge in [-0.1, -0.05) is 42.0 Å². The Morgan fingerprint density at radius 2 is 1.61 bits per heavy atom. The maximum atomic E-state index is 12.1. The van der Waals surface area contributed by atoms with E-state index < -0.39 is 0 Å². The molecule has 0 saturated heterocycles. The summed E-state index contributed by atoms with van der Waals surface area (Å²) < 4.78 is 1.74. The molecule has 1 heterocycles. The van der Waals surface area contributed by atoms with E-state index in [-0.39, 0.29) is 5.56 Å². The fourth-order valence-electron chi connectivity index (χ4n) is 2.15. The molecule has 1 aromatic carbocycles. The Kier molecular flexibility index (Phi) is 2.49. The van der Waals surface area contributed by atoms with Crippen molar-refractivity contribution in [1.82, 2.24) is 4.57 Å². The number of rotatable bonds is 1. The summed E-state index contributed by atoms with van der Waals surface area (Å²) in [6.45, 7) is 2.04. The van der Waals surface area contributed by atoms with E-state index >= 15 is 0 Å². The number of aryl methyl sites for hydroxylation is 1. The molecule has 0 atom stereocenters. The average molecular weight is 235 g/mol. The highest BCUT2D eigenvalue weighted by molar-refractivity contribution is 5.64. The van der Waals surface area contributed by atoms with Crippen LogP contribution in [0.3, 0.4) is 0 Å². The Hall–Kier alpha value is -2.35. The third-order valence-electron chi connectivity index (χ3n) is 3.08. The van der Waals surface area contributed by atoms with E-state index in [0.717, 1.165) is 16.9 Å². The minimum absolute atomic E-state index is 0.0139. The third-order valence-corrected chi connectivity index (χ3v) is 3.08. The van der Waals surface area contributed by atoms with Gasteiger partial charge in [-0.15, -0.1) is 0 Å². The van der Waals surface area contributed by atoms with Crippen LogP contribution in [0.15, 0.2) is 65.5 Å². The molecule has 2 aliphatic rings. The van der Waals surface area contributed by atoms with Crippen molar-refractivity contribution >= 4 is 0 Å². The number of benzene rings is 1. The van der Waals surface area contributed by atoms with Gasteiger partial charge in [-0.2, -0.15) is 0 Å². The average Bonchev–Trinajstić information content (AvgIpc) is 2.54. The highest BCUT2D eigenvalue weighted by Gasteiger charge is 2.11. The zero-order valence-electron chi connectivity index (χ0n) is 10.1. The summed E-state index contributed by atoms with van der Waals surface area (Å²) in [4.78, 5) is 12.1. The van der Waals surface area contributed by atoms with Gasteiger partial charge >= 0.3 is 0 Å². The molecule has 0 amide bonds. The summed E-state index contributed by atoms with van der Waals surface area (Å²) in [6, 6.07) is 19.4. The number of fused-ring (bicyclic) bond motifs is 1. The van der Waals surface area contributed by atoms with Crippen LogP contribution >= 0.6 is 0 Å². The van der Waals surface area contributed by atoms with Gasteiger partial charge in [0.2, 0.25) is 0 Å². The molecular formula is C16H13NO. The summed E-state index contributed by atoms with van der Waals surface area (Å²) in [7, 11) is 0. The zero-order valence-corrected chi connectivity index (χ0v) is 10.1. The van der Waals surface area contributed by atoms with Crippen LogP contribution in [0.5, 0.6) is 0 Å². The Morgan fingerprint density at radius 3 is 2.39 bits per heavy atom. The second-order valence-corrected chi connectivity index (χ2v) is 4.40. The molecule has 0 aromatic heterocycles. The van der Waals surface area contributed by atoms with Crippen LogP contribution in [0.2, 0.25) is 0 Å². The molecule has 2 nitrogen and oxygen atoms in total. The fraction of sp³-hybridized carbons (Fsp3) is 0.0625. The second kappa shape index (κ2) is 4.15. The van der Waals surface area contributed by atoms with Crippen LogP contribution in [0, 0.1) is 6.92 Å². The Labute approximate surface area is 105 Å². The van der Waals surface area contributed by atoms with Gasteiger partial charge in [0.25, 0.3) is 5.56 Å². The second-order valence-electron chi connectivity index (χ2n) is 4.40. The molecule has 0 unspecified atom stereocenters. The molecule has 0 radical (unpaired) electrons. The lowest BCUT2D eigenvalue weighted by Gasteiger charge is -2.06. The van der Waals surface area contributed by atoms with Gasteiger partial charge in [-0.25, -0.2) is 0 Å². The minimum atomic E-state index is 0.0139. The summed E-state index contributed by atoms with van der Waals surface area (Å²) in [5, 5.41) is 0. The first-order valence-corrected chi connectivity index (χ1v) is 5.93.